The number of hydrogen-bond acceptors (Lipinski definition) is 8. The third-order valence-corrected chi connectivity index (χ3v) is 10.5. The molecule has 0 unspecified atom stereocenters. The third-order valence-electron chi connectivity index (χ3n) is 6.16. The Balaban J connectivity index is 2.85. The molecule has 0 bridgehead atoms. The van der Waals surface area contributed by atoms with Crippen molar-refractivity contribution >= 4 is 52.0 Å². The van der Waals surface area contributed by atoms with E-state index in [0.717, 1.165) is 0 Å². The summed E-state index contributed by atoms with van der Waals surface area (Å²) in [5, 5.41) is 1.86. The first-order valence-electron chi connectivity index (χ1n) is 13.7. The lowest BCUT2D eigenvalue weighted by Crippen LogP contribution is -2.39. The zero-order valence-electron chi connectivity index (χ0n) is 24.2. The fourth-order valence-corrected chi connectivity index (χ4v) is 9.01. The van der Waals surface area contributed by atoms with Crippen LogP contribution in [0.5, 0.6) is 0 Å². The summed E-state index contributed by atoms with van der Waals surface area (Å²) < 4.78 is 21.5. The van der Waals surface area contributed by atoms with Crippen LogP contribution in [0.15, 0.2) is 102 Å². The molecule has 0 saturated carbocycles. The molecule has 9 heteroatoms. The van der Waals surface area contributed by atoms with Gasteiger partial charge in [0.05, 0.1) is 37.3 Å². The summed E-state index contributed by atoms with van der Waals surface area (Å²) in [6.07, 6.45) is 0. The van der Waals surface area contributed by atoms with E-state index in [4.69, 9.17) is 18.9 Å². The van der Waals surface area contributed by atoms with Crippen molar-refractivity contribution in [3.8, 4) is 0 Å². The van der Waals surface area contributed by atoms with Crippen molar-refractivity contribution in [2.45, 2.75) is 27.7 Å². The van der Waals surface area contributed by atoms with Crippen LogP contribution in [0.25, 0.3) is 0 Å². The predicted octanol–water partition coefficient (Wildman–Crippen LogP) is 3.70. The highest BCUT2D eigenvalue weighted by Crippen LogP contribution is 2.48. The highest BCUT2D eigenvalue weighted by Gasteiger charge is 2.43. The number of ether oxygens (including phenoxy) is 4. The smallest absolute Gasteiger partial charge is 0.346 e. The lowest BCUT2D eigenvalue weighted by molar-refractivity contribution is -0.148. The first kappa shape index (κ1) is 32.1. The summed E-state index contributed by atoms with van der Waals surface area (Å²) in [7, 11) is 0. The zero-order chi connectivity index (χ0) is 30.5. The lowest BCUT2D eigenvalue weighted by atomic mass is 10.0. The largest absolute Gasteiger partial charge is 0.462 e. The molecule has 0 fully saturated rings. The van der Waals surface area contributed by atoms with Gasteiger partial charge in [-0.15, -0.1) is 0 Å². The van der Waals surface area contributed by atoms with Gasteiger partial charge in [-0.05, 0) is 50.5 Å². The molecule has 3 aromatic rings. The van der Waals surface area contributed by atoms with Gasteiger partial charge in [0.15, 0.2) is 5.57 Å². The summed E-state index contributed by atoms with van der Waals surface area (Å²) in [4.78, 5) is 55.3. The van der Waals surface area contributed by atoms with Crippen LogP contribution < -0.4 is 15.9 Å². The number of hydrogen-bond donors (Lipinski definition) is 0. The number of esters is 4. The third kappa shape index (κ3) is 6.72. The molecule has 0 aliphatic heterocycles. The normalized spacial score (nSPS) is 10.7. The second kappa shape index (κ2) is 15.5. The van der Waals surface area contributed by atoms with Crippen LogP contribution >= 0.6 is 6.89 Å². The van der Waals surface area contributed by atoms with E-state index in [0.29, 0.717) is 15.9 Å². The predicted molar refractivity (Wildman–Crippen MR) is 164 cm³/mol. The van der Waals surface area contributed by atoms with Gasteiger partial charge in [-0.2, -0.15) is 0 Å². The van der Waals surface area contributed by atoms with Gasteiger partial charge in [-0.3, -0.25) is 0 Å². The van der Waals surface area contributed by atoms with E-state index in [1.165, 1.54) is 0 Å². The first-order chi connectivity index (χ1) is 20.4. The minimum absolute atomic E-state index is 0.0368. The van der Waals surface area contributed by atoms with Gasteiger partial charge in [0.1, 0.15) is 0 Å². The van der Waals surface area contributed by atoms with Crippen LogP contribution in [0.2, 0.25) is 0 Å². The Bertz CT molecular complexity index is 1350. The van der Waals surface area contributed by atoms with Crippen LogP contribution in [0.3, 0.4) is 0 Å². The average Bonchev–Trinajstić information content (AvgIpc) is 3.00. The van der Waals surface area contributed by atoms with Crippen molar-refractivity contribution in [2.75, 3.05) is 26.4 Å². The molecule has 3 aromatic carbocycles. The molecule has 220 valence electrons. The summed E-state index contributed by atoms with van der Waals surface area (Å²) in [6.45, 7) is 2.65. The fraction of sp³-hybridized carbons (Fsp3) is 0.242. The molecule has 0 aliphatic rings. The highest BCUT2D eigenvalue weighted by atomic mass is 31.2. The minimum atomic E-state index is -3.39. The average molecular weight is 591 g/mol. The summed E-state index contributed by atoms with van der Waals surface area (Å²) in [6, 6.07) is 27.6. The fourth-order valence-electron chi connectivity index (χ4n) is 4.61. The topological polar surface area (TPSA) is 105 Å². The Hall–Kier alpha value is -4.42. The molecule has 3 rings (SSSR count). The molecule has 0 heterocycles. The van der Waals surface area contributed by atoms with E-state index >= 15 is 0 Å². The Labute approximate surface area is 246 Å². The van der Waals surface area contributed by atoms with Gasteiger partial charge in [-0.25, -0.2) is 19.2 Å². The van der Waals surface area contributed by atoms with Gasteiger partial charge in [0, 0.05) is 0 Å². The van der Waals surface area contributed by atoms with E-state index in [1.54, 1.807) is 27.7 Å². The number of rotatable bonds is 12. The molecule has 0 atom stereocenters. The molecule has 8 nitrogen and oxygen atoms in total. The van der Waals surface area contributed by atoms with Gasteiger partial charge in [0.2, 0.25) is 0 Å². The first-order valence-corrected chi connectivity index (χ1v) is 15.5. The van der Waals surface area contributed by atoms with E-state index in [1.807, 2.05) is 91.0 Å². The Kier molecular flexibility index (Phi) is 11.9. The zero-order valence-corrected chi connectivity index (χ0v) is 25.1. The maximum Gasteiger partial charge on any atom is 0.346 e. The molecule has 0 saturated heterocycles. The molecule has 0 spiro atoms. The summed E-state index contributed by atoms with van der Waals surface area (Å²) >= 11 is 0. The van der Waals surface area contributed by atoms with Crippen molar-refractivity contribution in [3.05, 3.63) is 102 Å². The lowest BCUT2D eigenvalue weighted by Gasteiger charge is -2.32. The van der Waals surface area contributed by atoms with Crippen molar-refractivity contribution < 1.29 is 38.1 Å². The van der Waals surface area contributed by atoms with E-state index in [-0.39, 0.29) is 31.7 Å². The maximum atomic E-state index is 14.3. The Morgan fingerprint density at radius 1 is 0.452 bits per heavy atom. The van der Waals surface area contributed by atoms with Crippen LogP contribution in [0, 0.1) is 0 Å². The summed E-state index contributed by atoms with van der Waals surface area (Å²) in [5.74, 6) is -4.17. The minimum Gasteiger partial charge on any atom is -0.462 e. The van der Waals surface area contributed by atoms with E-state index in [9.17, 15) is 19.2 Å². The van der Waals surface area contributed by atoms with E-state index < -0.39 is 41.9 Å². The molecular formula is C33H35O8P. The number of carbonyl (C=O) groups is 4. The molecule has 0 amide bonds. The number of carbonyl (C=O) groups excluding carboxylic acids is 4. The summed E-state index contributed by atoms with van der Waals surface area (Å²) in [5.41, 5.74) is -1.27. The number of benzene rings is 3. The second-order valence-electron chi connectivity index (χ2n) is 8.66. The Morgan fingerprint density at radius 3 is 1.05 bits per heavy atom. The maximum absolute atomic E-state index is 14.3. The van der Waals surface area contributed by atoms with Gasteiger partial charge < -0.3 is 18.9 Å². The van der Waals surface area contributed by atoms with Crippen molar-refractivity contribution in [2.24, 2.45) is 0 Å². The van der Waals surface area contributed by atoms with Crippen LogP contribution in [0.1, 0.15) is 27.7 Å². The van der Waals surface area contributed by atoms with Crippen LogP contribution in [-0.2, 0) is 38.1 Å². The Morgan fingerprint density at radius 2 is 0.738 bits per heavy atom. The van der Waals surface area contributed by atoms with Crippen molar-refractivity contribution in [1.82, 2.24) is 0 Å². The van der Waals surface area contributed by atoms with Gasteiger partial charge in [0.25, 0.3) is 0 Å². The monoisotopic (exact) mass is 590 g/mol. The van der Waals surface area contributed by atoms with Gasteiger partial charge >= 0.3 is 23.9 Å². The van der Waals surface area contributed by atoms with Crippen molar-refractivity contribution in [3.63, 3.8) is 0 Å². The van der Waals surface area contributed by atoms with Crippen LogP contribution in [-0.4, -0.2) is 55.6 Å². The molecule has 0 radical (unpaired) electrons. The molecule has 0 N–H and O–H groups in total. The van der Waals surface area contributed by atoms with E-state index in [2.05, 4.69) is 0 Å². The van der Waals surface area contributed by atoms with Crippen LogP contribution in [0.4, 0.5) is 0 Å². The molecule has 42 heavy (non-hydrogen) atoms. The molecule has 0 aliphatic carbocycles. The molecular weight excluding hydrogens is 555 g/mol. The molecule has 0 aromatic heterocycles. The van der Waals surface area contributed by atoms with Crippen molar-refractivity contribution in [1.29, 1.82) is 0 Å². The SMILES string of the molecule is CCOC(=O)C(C(=O)OCC)=C(C(=O)OCC)C(C(=O)OCC)=P(c1ccccc1)(c1ccccc1)c1ccccc1. The second-order valence-corrected chi connectivity index (χ2v) is 12.0. The van der Waals surface area contributed by atoms with Gasteiger partial charge in [-0.1, -0.05) is 91.0 Å². The highest BCUT2D eigenvalue weighted by molar-refractivity contribution is 7.97. The quantitative estimate of drug-likeness (QED) is 0.0786. The standard InChI is InChI=1S/C33H35O8P/c1-5-38-30(34)27(28(31(35)39-6-2)32(36)40-7-3)29(33(37)41-8-4)42(24-18-12-9-13-19-24,25-20-14-10-15-21-25)26-22-16-11-17-23-26/h9-23H,5-8H2,1-4H3.